The molecular formula is C20H44N4O6+2. The second-order valence-electron chi connectivity index (χ2n) is 9.10. The number of hydrogen-bond acceptors (Lipinski definition) is 6. The van der Waals surface area contributed by atoms with E-state index in [0.29, 0.717) is 12.8 Å². The maximum absolute atomic E-state index is 12.0. The van der Waals surface area contributed by atoms with Crippen LogP contribution in [0.15, 0.2) is 0 Å². The molecule has 0 aliphatic heterocycles. The summed E-state index contributed by atoms with van der Waals surface area (Å²) in [5, 5.41) is 36.8. The molecule has 6 N–H and O–H groups in total. The summed E-state index contributed by atoms with van der Waals surface area (Å²) in [6, 6.07) is 0. The van der Waals surface area contributed by atoms with Gasteiger partial charge in [-0.3, -0.25) is 9.59 Å². The summed E-state index contributed by atoms with van der Waals surface area (Å²) in [5.41, 5.74) is 5.66. The molecule has 0 radical (unpaired) electrons. The summed E-state index contributed by atoms with van der Waals surface area (Å²) in [6.07, 6.45) is 4.57. The number of carbonyl (C=O) groups is 2. The van der Waals surface area contributed by atoms with Crippen molar-refractivity contribution in [3.8, 4) is 0 Å². The van der Waals surface area contributed by atoms with Crippen LogP contribution in [0.4, 0.5) is 0 Å². The Bertz CT molecular complexity index is 458. The number of hydrogen-bond donors (Lipinski definition) is 6. The first-order chi connectivity index (χ1) is 13.9. The molecule has 2 atom stereocenters. The third-order valence-corrected chi connectivity index (χ3v) is 4.67. The molecule has 10 nitrogen and oxygen atoms in total. The van der Waals surface area contributed by atoms with Crippen molar-refractivity contribution in [3.05, 3.63) is 0 Å². The smallest absolute Gasteiger partial charge is 0.264 e. The summed E-state index contributed by atoms with van der Waals surface area (Å²) in [4.78, 5) is 24.0. The molecule has 0 aromatic heterocycles. The SMILES string of the molecule is C[N+](C)(CC(O)CO)NC(=O)CCCCCCCCC(=O)N[N+](C)(C)CC(O)CO. The maximum atomic E-state index is 12.0. The van der Waals surface area contributed by atoms with E-state index >= 15 is 0 Å². The van der Waals surface area contributed by atoms with Crippen molar-refractivity contribution in [3.63, 3.8) is 0 Å². The molecule has 2 unspecified atom stereocenters. The Morgan fingerprint density at radius 2 is 0.967 bits per heavy atom. The minimum absolute atomic E-state index is 0.0751. The van der Waals surface area contributed by atoms with E-state index in [4.69, 9.17) is 10.2 Å². The lowest BCUT2D eigenvalue weighted by Crippen LogP contribution is -2.57. The predicted molar refractivity (Wildman–Crippen MR) is 113 cm³/mol. The molecule has 0 saturated carbocycles. The quantitative estimate of drug-likeness (QED) is 0.0985. The van der Waals surface area contributed by atoms with Gasteiger partial charge in [0, 0.05) is 12.8 Å². The highest BCUT2D eigenvalue weighted by Gasteiger charge is 2.23. The van der Waals surface area contributed by atoms with Gasteiger partial charge in [-0.05, 0) is 12.8 Å². The highest BCUT2D eigenvalue weighted by molar-refractivity contribution is 5.74. The first-order valence-corrected chi connectivity index (χ1v) is 10.8. The Hall–Kier alpha value is -1.30. The van der Waals surface area contributed by atoms with Gasteiger partial charge in [0.1, 0.15) is 25.3 Å². The first-order valence-electron chi connectivity index (χ1n) is 10.8. The minimum Gasteiger partial charge on any atom is -0.393 e. The van der Waals surface area contributed by atoms with Gasteiger partial charge in [0.15, 0.2) is 0 Å². The van der Waals surface area contributed by atoms with Crippen molar-refractivity contribution in [1.82, 2.24) is 10.9 Å². The lowest BCUT2D eigenvalue weighted by molar-refractivity contribution is -0.928. The third kappa shape index (κ3) is 15.5. The number of nitrogens with zero attached hydrogens (tertiary/aromatic N) is 2. The fourth-order valence-corrected chi connectivity index (χ4v) is 3.33. The zero-order chi connectivity index (χ0) is 23.2. The lowest BCUT2D eigenvalue weighted by Gasteiger charge is -2.30. The van der Waals surface area contributed by atoms with Crippen LogP contribution < -0.4 is 10.9 Å². The molecular weight excluding hydrogens is 392 g/mol. The van der Waals surface area contributed by atoms with Crippen LogP contribution in [-0.2, 0) is 9.59 Å². The lowest BCUT2D eigenvalue weighted by atomic mass is 10.1. The largest absolute Gasteiger partial charge is 0.393 e. The second-order valence-corrected chi connectivity index (χ2v) is 9.10. The van der Waals surface area contributed by atoms with Gasteiger partial charge in [-0.2, -0.15) is 0 Å². The monoisotopic (exact) mass is 436 g/mol. The zero-order valence-corrected chi connectivity index (χ0v) is 19.1. The second kappa shape index (κ2) is 14.7. The zero-order valence-electron chi connectivity index (χ0n) is 19.1. The number of unbranched alkanes of at least 4 members (excludes halogenated alkanes) is 5. The maximum Gasteiger partial charge on any atom is 0.264 e. The van der Waals surface area contributed by atoms with E-state index in [1.54, 1.807) is 28.2 Å². The van der Waals surface area contributed by atoms with E-state index in [9.17, 15) is 19.8 Å². The average Bonchev–Trinajstić information content (AvgIpc) is 2.61. The molecule has 0 spiro atoms. The molecule has 2 amide bonds. The van der Waals surface area contributed by atoms with Crippen molar-refractivity contribution in [1.29, 1.82) is 0 Å². The molecule has 178 valence electrons. The van der Waals surface area contributed by atoms with E-state index < -0.39 is 12.2 Å². The Morgan fingerprint density at radius 3 is 1.27 bits per heavy atom. The van der Waals surface area contributed by atoms with E-state index in [-0.39, 0.29) is 47.3 Å². The summed E-state index contributed by atoms with van der Waals surface area (Å²) < 4.78 is 0.244. The molecule has 0 rings (SSSR count). The number of quaternary nitrogens is 2. The Morgan fingerprint density at radius 1 is 0.667 bits per heavy atom. The average molecular weight is 437 g/mol. The van der Waals surface area contributed by atoms with Gasteiger partial charge >= 0.3 is 0 Å². The number of likely N-dealkylation sites (N-methyl/N-ethyl adjacent to an activating group) is 2. The number of rotatable bonds is 17. The predicted octanol–water partition coefficient (Wildman–Crippen LogP) is -0.971. The van der Waals surface area contributed by atoms with Crippen molar-refractivity contribution in [2.75, 3.05) is 54.5 Å². The van der Waals surface area contributed by atoms with Crippen LogP contribution in [0.1, 0.15) is 51.4 Å². The van der Waals surface area contributed by atoms with Crippen LogP contribution in [0, 0.1) is 0 Å². The summed E-state index contributed by atoms with van der Waals surface area (Å²) >= 11 is 0. The summed E-state index contributed by atoms with van der Waals surface area (Å²) in [6.45, 7) is -0.173. The van der Waals surface area contributed by atoms with E-state index in [2.05, 4.69) is 10.9 Å². The van der Waals surface area contributed by atoms with Gasteiger partial charge in [0.25, 0.3) is 11.8 Å². The molecule has 0 aromatic carbocycles. The molecule has 0 heterocycles. The van der Waals surface area contributed by atoms with Gasteiger partial charge in [-0.15, -0.1) is 0 Å². The third-order valence-electron chi connectivity index (χ3n) is 4.67. The number of aliphatic hydroxyl groups is 4. The highest BCUT2D eigenvalue weighted by Crippen LogP contribution is 2.09. The molecule has 30 heavy (non-hydrogen) atoms. The number of nitrogens with one attached hydrogen (secondary N) is 2. The van der Waals surface area contributed by atoms with Crippen LogP contribution in [0.3, 0.4) is 0 Å². The van der Waals surface area contributed by atoms with Gasteiger partial charge in [-0.25, -0.2) is 20.0 Å². The fraction of sp³-hybridized carbons (Fsp3) is 0.900. The molecule has 0 aromatic rings. The molecule has 10 heteroatoms. The van der Waals surface area contributed by atoms with Crippen LogP contribution in [0.2, 0.25) is 0 Å². The van der Waals surface area contributed by atoms with Gasteiger partial charge in [0.05, 0.1) is 41.4 Å². The van der Waals surface area contributed by atoms with Crippen LogP contribution in [0.5, 0.6) is 0 Å². The minimum atomic E-state index is -0.862. The van der Waals surface area contributed by atoms with E-state index in [1.165, 1.54) is 0 Å². The van der Waals surface area contributed by atoms with Crippen LogP contribution in [-0.4, -0.2) is 108 Å². The molecule has 0 fully saturated rings. The fourth-order valence-electron chi connectivity index (χ4n) is 3.33. The number of amides is 2. The van der Waals surface area contributed by atoms with Gasteiger partial charge in [0.2, 0.25) is 0 Å². The molecule has 0 bridgehead atoms. The number of aliphatic hydroxyl groups excluding tert-OH is 4. The van der Waals surface area contributed by atoms with E-state index in [0.717, 1.165) is 38.5 Å². The summed E-state index contributed by atoms with van der Waals surface area (Å²) in [5.74, 6) is -0.150. The highest BCUT2D eigenvalue weighted by atomic mass is 16.3. The normalized spacial score (nSPS) is 14.3. The topological polar surface area (TPSA) is 139 Å². The molecule has 0 aliphatic rings. The van der Waals surface area contributed by atoms with Crippen molar-refractivity contribution < 1.29 is 39.2 Å². The van der Waals surface area contributed by atoms with Crippen molar-refractivity contribution in [2.24, 2.45) is 0 Å². The van der Waals surface area contributed by atoms with Crippen molar-refractivity contribution in [2.45, 2.75) is 63.6 Å². The van der Waals surface area contributed by atoms with Crippen LogP contribution >= 0.6 is 0 Å². The standard InChI is InChI=1S/C20H42N4O6/c1-23(2,13-17(27)15-25)21-19(29)11-9-7-5-6-8-10-12-20(30)22-24(3,4)14-18(28)16-26/h17-18,25-28H,5-16H2,1-4H3/p+2. The Kier molecular flexibility index (Phi) is 14.0. The molecule has 0 saturated heterocycles. The number of carbonyl (C=O) groups excluding carboxylic acids is 2. The van der Waals surface area contributed by atoms with Crippen LogP contribution in [0.25, 0.3) is 0 Å². The van der Waals surface area contributed by atoms with Gasteiger partial charge in [-0.1, -0.05) is 25.7 Å². The van der Waals surface area contributed by atoms with Crippen molar-refractivity contribution >= 4 is 11.8 Å². The summed E-state index contributed by atoms with van der Waals surface area (Å²) in [7, 11) is 7.06. The Labute approximate surface area is 180 Å². The molecule has 0 aliphatic carbocycles. The Balaban J connectivity index is 3.78. The van der Waals surface area contributed by atoms with Gasteiger partial charge < -0.3 is 20.4 Å². The van der Waals surface area contributed by atoms with E-state index in [1.807, 2.05) is 0 Å². The first kappa shape index (κ1) is 28.7.